The Kier molecular flexibility index (Phi) is 2.28. The van der Waals surface area contributed by atoms with E-state index in [1.807, 2.05) is 0 Å². The normalized spacial score (nSPS) is 10.5. The fourth-order valence-electron chi connectivity index (χ4n) is 1.67. The van der Waals surface area contributed by atoms with Crippen LogP contribution in [0.4, 0.5) is 0 Å². The van der Waals surface area contributed by atoms with E-state index in [1.165, 1.54) is 16.3 Å². The Morgan fingerprint density at radius 2 is 1.69 bits per heavy atom. The zero-order valence-electron chi connectivity index (χ0n) is 7.53. The van der Waals surface area contributed by atoms with E-state index < -0.39 is 0 Å². The second-order valence-corrected chi connectivity index (χ2v) is 3.18. The van der Waals surface area contributed by atoms with E-state index in [4.69, 9.17) is 5.73 Å². The van der Waals surface area contributed by atoms with Gasteiger partial charge in [0.1, 0.15) is 0 Å². The molecule has 0 bridgehead atoms. The molecule has 0 aliphatic heterocycles. The Hall–Kier alpha value is -1.34. The van der Waals surface area contributed by atoms with Gasteiger partial charge in [-0.15, -0.1) is 0 Å². The first kappa shape index (κ1) is 8.27. The van der Waals surface area contributed by atoms with E-state index in [-0.39, 0.29) is 0 Å². The van der Waals surface area contributed by atoms with Crippen LogP contribution in [0.5, 0.6) is 0 Å². The third-order valence-electron chi connectivity index (χ3n) is 2.29. The number of fused-ring (bicyclic) bond motifs is 1. The highest BCUT2D eigenvalue weighted by molar-refractivity contribution is 5.85. The SMILES string of the molecule is NCCc1cccc2ccccc12. The summed E-state index contributed by atoms with van der Waals surface area (Å²) in [7, 11) is 0. The lowest BCUT2D eigenvalue weighted by Gasteiger charge is -2.03. The highest BCUT2D eigenvalue weighted by atomic mass is 14.5. The first-order valence-corrected chi connectivity index (χ1v) is 4.58. The number of benzene rings is 2. The van der Waals surface area contributed by atoms with Crippen LogP contribution in [0.2, 0.25) is 0 Å². The molecule has 0 spiro atoms. The monoisotopic (exact) mass is 171 g/mol. The molecule has 0 atom stereocenters. The van der Waals surface area contributed by atoms with Gasteiger partial charge in [0.25, 0.3) is 0 Å². The molecule has 0 aromatic heterocycles. The van der Waals surface area contributed by atoms with Gasteiger partial charge in [-0.25, -0.2) is 0 Å². The molecule has 1 nitrogen and oxygen atoms in total. The average molecular weight is 171 g/mol. The van der Waals surface area contributed by atoms with Crippen molar-refractivity contribution in [1.82, 2.24) is 0 Å². The molecule has 66 valence electrons. The number of nitrogens with two attached hydrogens (primary N) is 1. The van der Waals surface area contributed by atoms with Crippen molar-refractivity contribution >= 4 is 10.8 Å². The summed E-state index contributed by atoms with van der Waals surface area (Å²) in [6, 6.07) is 14.8. The van der Waals surface area contributed by atoms with Gasteiger partial charge in [-0.3, -0.25) is 0 Å². The Labute approximate surface area is 78.2 Å². The molecule has 2 N–H and O–H groups in total. The summed E-state index contributed by atoms with van der Waals surface area (Å²) < 4.78 is 0. The van der Waals surface area contributed by atoms with Crippen LogP contribution in [-0.2, 0) is 6.42 Å². The van der Waals surface area contributed by atoms with Gasteiger partial charge in [-0.2, -0.15) is 0 Å². The van der Waals surface area contributed by atoms with Crippen LogP contribution in [0, 0.1) is 0 Å². The first-order chi connectivity index (χ1) is 6.42. The lowest BCUT2D eigenvalue weighted by molar-refractivity contribution is 0.977. The summed E-state index contributed by atoms with van der Waals surface area (Å²) in [6.45, 7) is 0.716. The van der Waals surface area contributed by atoms with Crippen molar-refractivity contribution in [3.8, 4) is 0 Å². The van der Waals surface area contributed by atoms with Crippen molar-refractivity contribution in [2.75, 3.05) is 6.54 Å². The third kappa shape index (κ3) is 1.56. The van der Waals surface area contributed by atoms with Crippen molar-refractivity contribution in [1.29, 1.82) is 0 Å². The molecule has 0 saturated carbocycles. The molecule has 0 unspecified atom stereocenters. The summed E-state index contributed by atoms with van der Waals surface area (Å²) in [5.74, 6) is 0. The van der Waals surface area contributed by atoms with Crippen LogP contribution in [0.1, 0.15) is 5.56 Å². The molecular formula is C12H13N. The Morgan fingerprint density at radius 1 is 0.923 bits per heavy atom. The minimum atomic E-state index is 0.716. The predicted octanol–water partition coefficient (Wildman–Crippen LogP) is 2.34. The molecule has 0 fully saturated rings. The van der Waals surface area contributed by atoms with E-state index >= 15 is 0 Å². The van der Waals surface area contributed by atoms with Crippen LogP contribution >= 0.6 is 0 Å². The molecule has 0 heterocycles. The van der Waals surface area contributed by atoms with Gasteiger partial charge in [0.05, 0.1) is 0 Å². The summed E-state index contributed by atoms with van der Waals surface area (Å²) >= 11 is 0. The van der Waals surface area contributed by atoms with Gasteiger partial charge >= 0.3 is 0 Å². The zero-order valence-corrected chi connectivity index (χ0v) is 7.53. The highest BCUT2D eigenvalue weighted by Crippen LogP contribution is 2.18. The second kappa shape index (κ2) is 3.58. The molecule has 0 amide bonds. The molecular weight excluding hydrogens is 158 g/mol. The van der Waals surface area contributed by atoms with E-state index in [2.05, 4.69) is 42.5 Å². The smallest absolute Gasteiger partial charge is 0.00365 e. The first-order valence-electron chi connectivity index (χ1n) is 4.58. The molecule has 0 aliphatic rings. The highest BCUT2D eigenvalue weighted by Gasteiger charge is 1.97. The molecule has 1 heteroatoms. The van der Waals surface area contributed by atoms with Crippen LogP contribution in [0.25, 0.3) is 10.8 Å². The molecule has 0 radical (unpaired) electrons. The molecule has 2 rings (SSSR count). The van der Waals surface area contributed by atoms with E-state index in [9.17, 15) is 0 Å². The maximum atomic E-state index is 5.55. The third-order valence-corrected chi connectivity index (χ3v) is 2.29. The van der Waals surface area contributed by atoms with Gasteiger partial charge in [0.15, 0.2) is 0 Å². The topological polar surface area (TPSA) is 26.0 Å². The fraction of sp³-hybridized carbons (Fsp3) is 0.167. The average Bonchev–Trinajstić information content (AvgIpc) is 2.19. The maximum Gasteiger partial charge on any atom is -0.00365 e. The van der Waals surface area contributed by atoms with Gasteiger partial charge in [0, 0.05) is 0 Å². The van der Waals surface area contributed by atoms with Crippen LogP contribution in [0.15, 0.2) is 42.5 Å². The number of hydrogen-bond acceptors (Lipinski definition) is 1. The summed E-state index contributed by atoms with van der Waals surface area (Å²) in [6.07, 6.45) is 0.960. The molecule has 2 aromatic rings. The van der Waals surface area contributed by atoms with Crippen molar-refractivity contribution in [2.45, 2.75) is 6.42 Å². The van der Waals surface area contributed by atoms with Crippen LogP contribution < -0.4 is 5.73 Å². The second-order valence-electron chi connectivity index (χ2n) is 3.18. The summed E-state index contributed by atoms with van der Waals surface area (Å²) in [4.78, 5) is 0. The van der Waals surface area contributed by atoms with Gasteiger partial charge < -0.3 is 5.73 Å². The molecule has 0 saturated heterocycles. The van der Waals surface area contributed by atoms with Crippen molar-refractivity contribution < 1.29 is 0 Å². The largest absolute Gasteiger partial charge is 0.330 e. The van der Waals surface area contributed by atoms with Gasteiger partial charge in [0.2, 0.25) is 0 Å². The predicted molar refractivity (Wildman–Crippen MR) is 56.7 cm³/mol. The van der Waals surface area contributed by atoms with E-state index in [0.717, 1.165) is 6.42 Å². The molecule has 13 heavy (non-hydrogen) atoms. The Balaban J connectivity index is 2.61. The Morgan fingerprint density at radius 3 is 2.54 bits per heavy atom. The Bertz CT molecular complexity index is 401. The minimum Gasteiger partial charge on any atom is -0.330 e. The van der Waals surface area contributed by atoms with Crippen molar-refractivity contribution in [2.24, 2.45) is 5.73 Å². The standard InChI is InChI=1S/C12H13N/c13-9-8-11-6-3-5-10-4-1-2-7-12(10)11/h1-7H,8-9,13H2. The van der Waals surface area contributed by atoms with Crippen LogP contribution in [0.3, 0.4) is 0 Å². The van der Waals surface area contributed by atoms with Gasteiger partial charge in [-0.1, -0.05) is 42.5 Å². The molecule has 2 aromatic carbocycles. The summed E-state index contributed by atoms with van der Waals surface area (Å²) in [5, 5.41) is 2.63. The van der Waals surface area contributed by atoms with Gasteiger partial charge in [-0.05, 0) is 29.3 Å². The lowest BCUT2D eigenvalue weighted by Crippen LogP contribution is -2.02. The van der Waals surface area contributed by atoms with Crippen LogP contribution in [-0.4, -0.2) is 6.54 Å². The minimum absolute atomic E-state index is 0.716. The number of rotatable bonds is 2. The quantitative estimate of drug-likeness (QED) is 0.737. The lowest BCUT2D eigenvalue weighted by atomic mass is 10.0. The van der Waals surface area contributed by atoms with E-state index in [0.29, 0.717) is 6.54 Å². The summed E-state index contributed by atoms with van der Waals surface area (Å²) in [5.41, 5.74) is 6.90. The fourth-order valence-corrected chi connectivity index (χ4v) is 1.67. The van der Waals surface area contributed by atoms with E-state index in [1.54, 1.807) is 0 Å². The number of hydrogen-bond donors (Lipinski definition) is 1. The zero-order chi connectivity index (χ0) is 9.10. The van der Waals surface area contributed by atoms with Crippen molar-refractivity contribution in [3.63, 3.8) is 0 Å². The van der Waals surface area contributed by atoms with Crippen molar-refractivity contribution in [3.05, 3.63) is 48.0 Å². The maximum absolute atomic E-state index is 5.55. The molecule has 0 aliphatic carbocycles.